The molecule has 0 amide bonds. The lowest BCUT2D eigenvalue weighted by Gasteiger charge is -2.23. The normalized spacial score (nSPS) is 12.2. The third-order valence-electron chi connectivity index (χ3n) is 2.44. The first kappa shape index (κ1) is 12.6. The zero-order chi connectivity index (χ0) is 12.9. The molecule has 1 heterocycles. The highest BCUT2D eigenvalue weighted by Crippen LogP contribution is 2.54. The monoisotopic (exact) mass is 408 g/mol. The Morgan fingerprint density at radius 2 is 1.72 bits per heavy atom. The van der Waals surface area contributed by atoms with Gasteiger partial charge in [0.15, 0.2) is 23.0 Å². The molecule has 6 heteroatoms. The molecule has 0 N–H and O–H groups in total. The lowest BCUT2D eigenvalue weighted by atomic mass is 10.2. The van der Waals surface area contributed by atoms with Gasteiger partial charge in [0.1, 0.15) is 5.02 Å². The molecule has 2 nitrogen and oxygen atoms in total. The van der Waals surface area contributed by atoms with Crippen LogP contribution in [-0.2, 0) is 0 Å². The minimum Gasteiger partial charge on any atom is -0.449 e. The molecule has 0 fully saturated rings. The fourth-order valence-electron chi connectivity index (χ4n) is 1.62. The highest BCUT2D eigenvalue weighted by Gasteiger charge is 2.25. The fourth-order valence-corrected chi connectivity index (χ4v) is 2.82. The van der Waals surface area contributed by atoms with Crippen LogP contribution in [0.4, 0.5) is 0 Å². The van der Waals surface area contributed by atoms with Crippen molar-refractivity contribution in [2.75, 3.05) is 0 Å². The predicted octanol–water partition coefficient (Wildman–Crippen LogP) is 6.42. The summed E-state index contributed by atoms with van der Waals surface area (Å²) in [6.45, 7) is 0. The third-order valence-corrected chi connectivity index (χ3v) is 5.00. The van der Waals surface area contributed by atoms with Gasteiger partial charge in [-0.25, -0.2) is 0 Å². The Labute approximate surface area is 130 Å². The Kier molecular flexibility index (Phi) is 3.22. The number of rotatable bonds is 0. The van der Waals surface area contributed by atoms with Gasteiger partial charge in [0.25, 0.3) is 0 Å². The molecule has 3 rings (SSSR count). The van der Waals surface area contributed by atoms with Crippen LogP contribution in [0.2, 0.25) is 10.0 Å². The number of para-hydroxylation sites is 1. The van der Waals surface area contributed by atoms with Crippen LogP contribution < -0.4 is 9.47 Å². The Morgan fingerprint density at radius 3 is 2.50 bits per heavy atom. The number of ether oxygens (including phenoxy) is 2. The Hall–Kier alpha value is -0.420. The van der Waals surface area contributed by atoms with E-state index in [4.69, 9.17) is 32.7 Å². The van der Waals surface area contributed by atoms with Gasteiger partial charge in [-0.15, -0.1) is 0 Å². The smallest absolute Gasteiger partial charge is 0.190 e. The molecule has 1 aliphatic heterocycles. The molecular formula is C12H4Br2Cl2O2. The summed E-state index contributed by atoms with van der Waals surface area (Å²) in [4.78, 5) is 0. The molecule has 0 aliphatic carbocycles. The predicted molar refractivity (Wildman–Crippen MR) is 78.5 cm³/mol. The van der Waals surface area contributed by atoms with Crippen molar-refractivity contribution in [1.29, 1.82) is 0 Å². The van der Waals surface area contributed by atoms with Gasteiger partial charge in [-0.3, -0.25) is 0 Å². The van der Waals surface area contributed by atoms with E-state index in [1.54, 1.807) is 6.07 Å². The van der Waals surface area contributed by atoms with Gasteiger partial charge in [0.2, 0.25) is 0 Å². The van der Waals surface area contributed by atoms with E-state index in [1.807, 2.05) is 18.2 Å². The van der Waals surface area contributed by atoms with E-state index in [9.17, 15) is 0 Å². The van der Waals surface area contributed by atoms with E-state index in [-0.39, 0.29) is 0 Å². The second-order valence-corrected chi connectivity index (χ2v) is 6.02. The summed E-state index contributed by atoms with van der Waals surface area (Å²) in [6.07, 6.45) is 0. The minimum atomic E-state index is 0.388. The average molecular weight is 411 g/mol. The van der Waals surface area contributed by atoms with E-state index in [0.717, 1.165) is 4.47 Å². The molecule has 2 aromatic rings. The summed E-state index contributed by atoms with van der Waals surface area (Å²) in [7, 11) is 0. The van der Waals surface area contributed by atoms with Crippen molar-refractivity contribution >= 4 is 55.1 Å². The van der Waals surface area contributed by atoms with Crippen LogP contribution in [0.1, 0.15) is 0 Å². The SMILES string of the molecule is Clc1cc2c(c(Cl)c1Br)Oc1c(Br)cccc1O2. The fraction of sp³-hybridized carbons (Fsp3) is 0. The van der Waals surface area contributed by atoms with E-state index in [2.05, 4.69) is 31.9 Å². The lowest BCUT2D eigenvalue weighted by Crippen LogP contribution is -2.00. The van der Waals surface area contributed by atoms with Gasteiger partial charge in [-0.05, 0) is 44.0 Å². The Bertz CT molecular complexity index is 659. The van der Waals surface area contributed by atoms with Crippen LogP contribution in [0.25, 0.3) is 0 Å². The van der Waals surface area contributed by atoms with Gasteiger partial charge in [0, 0.05) is 6.07 Å². The summed E-state index contributed by atoms with van der Waals surface area (Å²) in [6, 6.07) is 7.20. The first-order valence-electron chi connectivity index (χ1n) is 4.89. The quantitative estimate of drug-likeness (QED) is 0.398. The van der Waals surface area contributed by atoms with Crippen LogP contribution in [-0.4, -0.2) is 0 Å². The average Bonchev–Trinajstić information content (AvgIpc) is 2.35. The molecule has 0 saturated carbocycles. The first-order chi connectivity index (χ1) is 8.58. The second kappa shape index (κ2) is 4.60. The summed E-state index contributed by atoms with van der Waals surface area (Å²) in [5.41, 5.74) is 0. The third kappa shape index (κ3) is 1.92. The standard InChI is InChI=1S/C12H4Br2Cl2O2/c13-5-2-1-3-7-11(5)18-12-8(17-7)4-6(15)9(14)10(12)16/h1-4H. The van der Waals surface area contributed by atoms with Crippen molar-refractivity contribution < 1.29 is 9.47 Å². The molecule has 2 aromatic carbocycles. The number of hydrogen-bond donors (Lipinski definition) is 0. The van der Waals surface area contributed by atoms with Crippen molar-refractivity contribution in [3.05, 3.63) is 43.3 Å². The molecular weight excluding hydrogens is 407 g/mol. The second-order valence-electron chi connectivity index (χ2n) is 3.58. The largest absolute Gasteiger partial charge is 0.449 e. The van der Waals surface area contributed by atoms with Crippen molar-refractivity contribution in [1.82, 2.24) is 0 Å². The zero-order valence-corrected chi connectivity index (χ0v) is 13.3. The molecule has 0 bridgehead atoms. The number of fused-ring (bicyclic) bond motifs is 2. The molecule has 92 valence electrons. The summed E-state index contributed by atoms with van der Waals surface area (Å²) in [5, 5.41) is 0.861. The van der Waals surface area contributed by atoms with E-state index in [1.165, 1.54) is 0 Å². The zero-order valence-electron chi connectivity index (χ0n) is 8.64. The van der Waals surface area contributed by atoms with Gasteiger partial charge >= 0.3 is 0 Å². The van der Waals surface area contributed by atoms with E-state index in [0.29, 0.717) is 37.5 Å². The van der Waals surface area contributed by atoms with Crippen LogP contribution in [0.5, 0.6) is 23.0 Å². The molecule has 0 saturated heterocycles. The van der Waals surface area contributed by atoms with Crippen LogP contribution in [0.15, 0.2) is 33.2 Å². The van der Waals surface area contributed by atoms with Crippen LogP contribution in [0, 0.1) is 0 Å². The van der Waals surface area contributed by atoms with Crippen molar-refractivity contribution in [3.8, 4) is 23.0 Å². The van der Waals surface area contributed by atoms with Crippen LogP contribution in [0.3, 0.4) is 0 Å². The van der Waals surface area contributed by atoms with Gasteiger partial charge in [0.05, 0.1) is 14.0 Å². The molecule has 0 radical (unpaired) electrons. The molecule has 0 aromatic heterocycles. The number of benzene rings is 2. The number of halogens is 4. The van der Waals surface area contributed by atoms with E-state index < -0.39 is 0 Å². The highest BCUT2D eigenvalue weighted by molar-refractivity contribution is 9.11. The van der Waals surface area contributed by atoms with Crippen molar-refractivity contribution in [2.45, 2.75) is 0 Å². The maximum absolute atomic E-state index is 6.18. The van der Waals surface area contributed by atoms with E-state index >= 15 is 0 Å². The van der Waals surface area contributed by atoms with Crippen molar-refractivity contribution in [3.63, 3.8) is 0 Å². The maximum Gasteiger partial charge on any atom is 0.190 e. The van der Waals surface area contributed by atoms with Gasteiger partial charge < -0.3 is 9.47 Å². The van der Waals surface area contributed by atoms with Crippen LogP contribution >= 0.6 is 55.1 Å². The Balaban J connectivity index is 2.20. The summed E-state index contributed by atoms with van der Waals surface area (Å²) in [5.74, 6) is 2.17. The summed E-state index contributed by atoms with van der Waals surface area (Å²) >= 11 is 18.9. The lowest BCUT2D eigenvalue weighted by molar-refractivity contribution is 0.357. The Morgan fingerprint density at radius 1 is 0.944 bits per heavy atom. The molecule has 0 atom stereocenters. The number of hydrogen-bond acceptors (Lipinski definition) is 2. The maximum atomic E-state index is 6.18. The molecule has 0 unspecified atom stereocenters. The molecule has 0 spiro atoms. The first-order valence-corrected chi connectivity index (χ1v) is 7.24. The topological polar surface area (TPSA) is 18.5 Å². The minimum absolute atomic E-state index is 0.388. The highest BCUT2D eigenvalue weighted by atomic mass is 79.9. The molecule has 18 heavy (non-hydrogen) atoms. The van der Waals surface area contributed by atoms with Crippen molar-refractivity contribution in [2.24, 2.45) is 0 Å². The summed E-state index contributed by atoms with van der Waals surface area (Å²) < 4.78 is 12.9. The van der Waals surface area contributed by atoms with Gasteiger partial charge in [-0.2, -0.15) is 0 Å². The van der Waals surface area contributed by atoms with Gasteiger partial charge in [-0.1, -0.05) is 29.3 Å². The molecule has 1 aliphatic rings.